The lowest BCUT2D eigenvalue weighted by atomic mass is 9.99. The lowest BCUT2D eigenvalue weighted by Crippen LogP contribution is -2.38. The van der Waals surface area contributed by atoms with Crippen molar-refractivity contribution < 1.29 is 0 Å². The predicted octanol–water partition coefficient (Wildman–Crippen LogP) is 3.89. The number of piperidine rings is 1. The van der Waals surface area contributed by atoms with Crippen LogP contribution in [0.2, 0.25) is 0 Å². The summed E-state index contributed by atoms with van der Waals surface area (Å²) in [6.07, 6.45) is 9.36. The van der Waals surface area contributed by atoms with Crippen LogP contribution in [0.15, 0.2) is 60.0 Å². The second-order valence-electron chi connectivity index (χ2n) is 9.32. The maximum absolute atomic E-state index is 13.1. The minimum atomic E-state index is -0.0392. The van der Waals surface area contributed by atoms with Gasteiger partial charge in [0.1, 0.15) is 6.33 Å². The molecular formula is C26H27N7O. The van der Waals surface area contributed by atoms with Crippen molar-refractivity contribution in [3.63, 3.8) is 0 Å². The summed E-state index contributed by atoms with van der Waals surface area (Å²) in [6, 6.07) is 10.6. The summed E-state index contributed by atoms with van der Waals surface area (Å²) in [7, 11) is 0. The molecule has 8 nitrogen and oxygen atoms in total. The van der Waals surface area contributed by atoms with Crippen LogP contribution in [0.4, 0.5) is 0 Å². The molecule has 4 aromatic heterocycles. The zero-order valence-electron chi connectivity index (χ0n) is 19.4. The first-order valence-corrected chi connectivity index (χ1v) is 11.7. The van der Waals surface area contributed by atoms with Crippen molar-refractivity contribution in [1.29, 1.82) is 0 Å². The first kappa shape index (κ1) is 20.8. The fourth-order valence-electron chi connectivity index (χ4n) is 5.33. The molecule has 0 aliphatic carbocycles. The number of aromatic nitrogens is 6. The van der Waals surface area contributed by atoms with E-state index in [1.54, 1.807) is 17.0 Å². The van der Waals surface area contributed by atoms with Crippen LogP contribution in [0, 0.1) is 13.8 Å². The fraction of sp³-hybridized carbons (Fsp3) is 0.308. The third-order valence-corrected chi connectivity index (χ3v) is 6.91. The zero-order valence-corrected chi connectivity index (χ0v) is 19.4. The second kappa shape index (κ2) is 8.22. The highest BCUT2D eigenvalue weighted by Gasteiger charge is 2.25. The molecule has 1 aromatic carbocycles. The van der Waals surface area contributed by atoms with Crippen LogP contribution in [-0.2, 0) is 6.54 Å². The van der Waals surface area contributed by atoms with Gasteiger partial charge in [-0.1, -0.05) is 6.07 Å². The summed E-state index contributed by atoms with van der Waals surface area (Å²) >= 11 is 0. The Hall–Kier alpha value is -3.78. The summed E-state index contributed by atoms with van der Waals surface area (Å²) in [5, 5.41) is 4.31. The van der Waals surface area contributed by atoms with Crippen LogP contribution in [-0.4, -0.2) is 47.1 Å². The summed E-state index contributed by atoms with van der Waals surface area (Å²) in [5.41, 5.74) is 8.20. The molecule has 1 aliphatic rings. The van der Waals surface area contributed by atoms with E-state index in [1.165, 1.54) is 5.56 Å². The minimum Gasteiger partial charge on any atom is -0.306 e. The third-order valence-electron chi connectivity index (χ3n) is 6.91. The molecule has 1 atom stereocenters. The Kier molecular flexibility index (Phi) is 5.03. The highest BCUT2D eigenvalue weighted by molar-refractivity contribution is 5.84. The molecule has 5 aromatic rings. The molecule has 0 spiro atoms. The van der Waals surface area contributed by atoms with E-state index in [-0.39, 0.29) is 11.7 Å². The molecule has 34 heavy (non-hydrogen) atoms. The average molecular weight is 454 g/mol. The number of aryl methyl sites for hydroxylation is 2. The zero-order chi connectivity index (χ0) is 23.2. The van der Waals surface area contributed by atoms with Crippen LogP contribution >= 0.6 is 0 Å². The van der Waals surface area contributed by atoms with Crippen molar-refractivity contribution in [3.8, 4) is 11.1 Å². The SMILES string of the molecule is Cc1cc2c(cc1-c1cc(C)c3ncnn3c1)[nH]c(=O)n2C1CCCN(Cc2cccnc2)C1. The Morgan fingerprint density at radius 3 is 2.94 bits per heavy atom. The normalized spacial score (nSPS) is 17.1. The van der Waals surface area contributed by atoms with Crippen molar-refractivity contribution >= 4 is 16.7 Å². The highest BCUT2D eigenvalue weighted by Crippen LogP contribution is 2.31. The Bertz CT molecular complexity index is 1550. The first-order valence-electron chi connectivity index (χ1n) is 11.7. The van der Waals surface area contributed by atoms with E-state index in [4.69, 9.17) is 0 Å². The van der Waals surface area contributed by atoms with Crippen molar-refractivity contribution in [2.24, 2.45) is 0 Å². The molecule has 1 aliphatic heterocycles. The van der Waals surface area contributed by atoms with Gasteiger partial charge in [0.25, 0.3) is 0 Å². The molecule has 1 unspecified atom stereocenters. The van der Waals surface area contributed by atoms with Gasteiger partial charge in [0.15, 0.2) is 5.65 Å². The van der Waals surface area contributed by atoms with Crippen molar-refractivity contribution in [2.75, 3.05) is 13.1 Å². The Balaban J connectivity index is 1.36. The van der Waals surface area contributed by atoms with Gasteiger partial charge >= 0.3 is 5.69 Å². The van der Waals surface area contributed by atoms with Crippen LogP contribution in [0.25, 0.3) is 27.8 Å². The average Bonchev–Trinajstić information content (AvgIpc) is 3.43. The van der Waals surface area contributed by atoms with E-state index in [0.717, 1.165) is 71.4 Å². The number of aromatic amines is 1. The molecule has 8 heteroatoms. The maximum Gasteiger partial charge on any atom is 0.326 e. The number of H-pyrrole nitrogens is 1. The van der Waals surface area contributed by atoms with Crippen LogP contribution < -0.4 is 5.69 Å². The molecule has 0 radical (unpaired) electrons. The summed E-state index contributed by atoms with van der Waals surface area (Å²) in [5.74, 6) is 0. The largest absolute Gasteiger partial charge is 0.326 e. The van der Waals surface area contributed by atoms with Gasteiger partial charge in [-0.05, 0) is 79.8 Å². The van der Waals surface area contributed by atoms with Crippen molar-refractivity contribution in [1.82, 2.24) is 34.0 Å². The number of imidazole rings is 1. The van der Waals surface area contributed by atoms with E-state index < -0.39 is 0 Å². The Morgan fingerprint density at radius 2 is 2.09 bits per heavy atom. The quantitative estimate of drug-likeness (QED) is 0.446. The minimum absolute atomic E-state index is 0.0392. The number of nitrogens with one attached hydrogen (secondary N) is 1. The standard InChI is InChI=1S/C26H27N7O/c1-17-10-24-23(11-22(17)20-9-18(2)25-28-16-29-32(25)14-20)30-26(34)33(24)21-6-4-8-31(15-21)13-19-5-3-7-27-12-19/h3,5,7,9-12,14,16,21H,4,6,8,13,15H2,1-2H3,(H,30,34). The summed E-state index contributed by atoms with van der Waals surface area (Å²) in [6.45, 7) is 6.89. The second-order valence-corrected chi connectivity index (χ2v) is 9.32. The van der Waals surface area contributed by atoms with Crippen molar-refractivity contribution in [3.05, 3.63) is 82.4 Å². The van der Waals surface area contributed by atoms with Gasteiger partial charge in [0.2, 0.25) is 0 Å². The smallest absolute Gasteiger partial charge is 0.306 e. The van der Waals surface area contributed by atoms with Gasteiger partial charge in [0.05, 0.1) is 17.1 Å². The van der Waals surface area contributed by atoms with Gasteiger partial charge in [0, 0.05) is 37.2 Å². The number of likely N-dealkylation sites (tertiary alicyclic amines) is 1. The van der Waals surface area contributed by atoms with Gasteiger partial charge in [-0.2, -0.15) is 5.10 Å². The number of hydrogen-bond acceptors (Lipinski definition) is 5. The predicted molar refractivity (Wildman–Crippen MR) is 132 cm³/mol. The van der Waals surface area contributed by atoms with E-state index >= 15 is 0 Å². The monoisotopic (exact) mass is 453 g/mol. The van der Waals surface area contributed by atoms with E-state index in [9.17, 15) is 4.79 Å². The molecule has 0 bridgehead atoms. The molecular weight excluding hydrogens is 426 g/mol. The molecule has 6 rings (SSSR count). The van der Waals surface area contributed by atoms with Crippen LogP contribution in [0.1, 0.15) is 35.6 Å². The molecule has 1 fully saturated rings. The van der Waals surface area contributed by atoms with Gasteiger partial charge in [-0.3, -0.25) is 14.5 Å². The maximum atomic E-state index is 13.1. The number of nitrogens with zero attached hydrogens (tertiary/aromatic N) is 6. The number of hydrogen-bond donors (Lipinski definition) is 1. The Labute approximate surface area is 196 Å². The Morgan fingerprint density at radius 1 is 1.18 bits per heavy atom. The number of benzene rings is 1. The molecule has 172 valence electrons. The molecule has 1 saturated heterocycles. The number of fused-ring (bicyclic) bond motifs is 2. The van der Waals surface area contributed by atoms with Gasteiger partial charge < -0.3 is 4.98 Å². The number of rotatable bonds is 4. The number of pyridine rings is 2. The van der Waals surface area contributed by atoms with E-state index in [1.807, 2.05) is 30.0 Å². The fourth-order valence-corrected chi connectivity index (χ4v) is 5.33. The lowest BCUT2D eigenvalue weighted by Gasteiger charge is -2.33. The van der Waals surface area contributed by atoms with Gasteiger partial charge in [-0.15, -0.1) is 0 Å². The van der Waals surface area contributed by atoms with E-state index in [0.29, 0.717) is 0 Å². The molecule has 1 N–H and O–H groups in total. The molecule has 5 heterocycles. The van der Waals surface area contributed by atoms with Gasteiger partial charge in [-0.25, -0.2) is 14.3 Å². The summed E-state index contributed by atoms with van der Waals surface area (Å²) in [4.78, 5) is 27.2. The summed E-state index contributed by atoms with van der Waals surface area (Å²) < 4.78 is 3.77. The van der Waals surface area contributed by atoms with Crippen LogP contribution in [0.3, 0.4) is 0 Å². The molecule has 0 saturated carbocycles. The highest BCUT2D eigenvalue weighted by atomic mass is 16.1. The van der Waals surface area contributed by atoms with Crippen molar-refractivity contribution in [2.45, 2.75) is 39.3 Å². The molecule has 0 amide bonds. The van der Waals surface area contributed by atoms with E-state index in [2.05, 4.69) is 56.1 Å². The first-order chi connectivity index (χ1) is 16.6. The van der Waals surface area contributed by atoms with Crippen LogP contribution in [0.5, 0.6) is 0 Å². The third kappa shape index (κ3) is 3.60. The lowest BCUT2D eigenvalue weighted by molar-refractivity contribution is 0.170. The topological polar surface area (TPSA) is 84.1 Å².